The van der Waals surface area contributed by atoms with Gasteiger partial charge in [-0.2, -0.15) is 0 Å². The van der Waals surface area contributed by atoms with Gasteiger partial charge in [0.15, 0.2) is 0 Å². The molecule has 3 aromatic rings. The number of rotatable bonds is 8. The summed E-state index contributed by atoms with van der Waals surface area (Å²) in [5.41, 5.74) is 4.35. The second-order valence-corrected chi connectivity index (χ2v) is 10.6. The van der Waals surface area contributed by atoms with Crippen molar-refractivity contribution in [2.75, 3.05) is 19.7 Å². The number of para-hydroxylation sites is 1. The molecule has 4 nitrogen and oxygen atoms in total. The molecule has 4 rings (SSSR count). The fourth-order valence-electron chi connectivity index (χ4n) is 5.49. The number of fused-ring (bicyclic) bond motifs is 1. The molecule has 2 aromatic heterocycles. The van der Waals surface area contributed by atoms with Gasteiger partial charge in [0.25, 0.3) is 0 Å². The number of aryl methyl sites for hydroxylation is 2. The van der Waals surface area contributed by atoms with Crippen molar-refractivity contribution in [1.29, 1.82) is 0 Å². The zero-order valence-corrected chi connectivity index (χ0v) is 21.2. The number of likely N-dealkylation sites (tertiary alicyclic amines) is 1. The maximum Gasteiger partial charge on any atom is 0.0705 e. The van der Waals surface area contributed by atoms with Gasteiger partial charge in [-0.05, 0) is 91.1 Å². The van der Waals surface area contributed by atoms with Crippen LogP contribution in [0.1, 0.15) is 64.4 Å². The first kappa shape index (κ1) is 23.8. The zero-order chi connectivity index (χ0) is 23.7. The summed E-state index contributed by atoms with van der Waals surface area (Å²) >= 11 is 0. The third kappa shape index (κ3) is 4.69. The standard InChI is InChI=1S/C29H39N3O/c1-7-33-28(5,6)29(17-16-25-15-13-23-10-8-9-11-26(23)31-25)18-19-32(21-29)27(3,4)24-14-12-22(2)30-20-24/h8-15,20H,7,16-19,21H2,1-6H3/t29-/m0/s1. The summed E-state index contributed by atoms with van der Waals surface area (Å²) in [5.74, 6) is 0. The minimum atomic E-state index is -0.213. The van der Waals surface area contributed by atoms with Gasteiger partial charge in [-0.15, -0.1) is 0 Å². The molecule has 0 unspecified atom stereocenters. The van der Waals surface area contributed by atoms with Crippen molar-refractivity contribution in [3.05, 3.63) is 71.7 Å². The van der Waals surface area contributed by atoms with Gasteiger partial charge in [-0.3, -0.25) is 14.9 Å². The molecule has 1 fully saturated rings. The highest BCUT2D eigenvalue weighted by Crippen LogP contribution is 2.49. The van der Waals surface area contributed by atoms with Gasteiger partial charge in [-0.25, -0.2) is 0 Å². The topological polar surface area (TPSA) is 38.2 Å². The zero-order valence-electron chi connectivity index (χ0n) is 21.2. The lowest BCUT2D eigenvalue weighted by atomic mass is 9.69. The second kappa shape index (κ2) is 9.15. The summed E-state index contributed by atoms with van der Waals surface area (Å²) in [7, 11) is 0. The van der Waals surface area contributed by atoms with Crippen LogP contribution in [0.25, 0.3) is 10.9 Å². The number of hydrogen-bond donors (Lipinski definition) is 0. The Morgan fingerprint density at radius 3 is 2.55 bits per heavy atom. The van der Waals surface area contributed by atoms with E-state index in [1.807, 2.05) is 13.1 Å². The van der Waals surface area contributed by atoms with Crippen LogP contribution in [0.5, 0.6) is 0 Å². The lowest BCUT2D eigenvalue weighted by Crippen LogP contribution is -2.50. The van der Waals surface area contributed by atoms with Crippen molar-refractivity contribution in [3.8, 4) is 0 Å². The molecule has 3 heterocycles. The quantitative estimate of drug-likeness (QED) is 0.407. The van der Waals surface area contributed by atoms with E-state index in [2.05, 4.69) is 93.0 Å². The molecule has 0 N–H and O–H groups in total. The Morgan fingerprint density at radius 1 is 1.03 bits per heavy atom. The van der Waals surface area contributed by atoms with Crippen LogP contribution in [0.15, 0.2) is 54.7 Å². The van der Waals surface area contributed by atoms with Crippen molar-refractivity contribution in [2.24, 2.45) is 5.41 Å². The average molecular weight is 446 g/mol. The monoisotopic (exact) mass is 445 g/mol. The van der Waals surface area contributed by atoms with Crippen molar-refractivity contribution in [2.45, 2.75) is 71.9 Å². The van der Waals surface area contributed by atoms with Crippen LogP contribution in [0.3, 0.4) is 0 Å². The van der Waals surface area contributed by atoms with Gasteiger partial charge in [0.1, 0.15) is 0 Å². The van der Waals surface area contributed by atoms with E-state index in [0.717, 1.165) is 50.2 Å². The van der Waals surface area contributed by atoms with Gasteiger partial charge < -0.3 is 4.74 Å². The first-order valence-electron chi connectivity index (χ1n) is 12.3. The van der Waals surface area contributed by atoms with E-state index < -0.39 is 0 Å². The summed E-state index contributed by atoms with van der Waals surface area (Å²) in [5, 5.41) is 1.20. The summed E-state index contributed by atoms with van der Waals surface area (Å²) < 4.78 is 6.40. The molecule has 0 bridgehead atoms. The van der Waals surface area contributed by atoms with Crippen molar-refractivity contribution >= 4 is 10.9 Å². The number of ether oxygens (including phenoxy) is 1. The molecule has 1 saturated heterocycles. The molecular formula is C29H39N3O. The number of aromatic nitrogens is 2. The molecule has 176 valence electrons. The van der Waals surface area contributed by atoms with Crippen LogP contribution in [0, 0.1) is 12.3 Å². The van der Waals surface area contributed by atoms with E-state index in [1.54, 1.807) is 0 Å². The average Bonchev–Trinajstić information content (AvgIpc) is 3.25. The molecule has 1 atom stereocenters. The second-order valence-electron chi connectivity index (χ2n) is 10.6. The third-order valence-electron chi connectivity index (χ3n) is 8.06. The van der Waals surface area contributed by atoms with Crippen molar-refractivity contribution < 1.29 is 4.74 Å². The lowest BCUT2D eigenvalue weighted by Gasteiger charge is -2.46. The van der Waals surface area contributed by atoms with Crippen molar-refractivity contribution in [3.63, 3.8) is 0 Å². The first-order valence-corrected chi connectivity index (χ1v) is 12.3. The SMILES string of the molecule is CCOC(C)(C)[C@@]1(CCc2ccc3ccccc3n2)CCN(C(C)(C)c2ccc(C)nc2)C1. The highest BCUT2D eigenvalue weighted by Gasteiger charge is 2.52. The van der Waals surface area contributed by atoms with Crippen LogP contribution in [0.4, 0.5) is 0 Å². The molecule has 1 aliphatic rings. The van der Waals surface area contributed by atoms with Gasteiger partial charge in [0.2, 0.25) is 0 Å². The predicted molar refractivity (Wildman–Crippen MR) is 136 cm³/mol. The Kier molecular flexibility index (Phi) is 6.61. The first-order chi connectivity index (χ1) is 15.7. The number of nitrogens with zero attached hydrogens (tertiary/aromatic N) is 3. The summed E-state index contributed by atoms with van der Waals surface area (Å²) in [6, 6.07) is 17.1. The van der Waals surface area contributed by atoms with Crippen LogP contribution in [-0.2, 0) is 16.7 Å². The smallest absolute Gasteiger partial charge is 0.0705 e. The normalized spacial score (nSPS) is 19.9. The Hall–Kier alpha value is -2.30. The highest BCUT2D eigenvalue weighted by atomic mass is 16.5. The molecule has 1 aliphatic heterocycles. The van der Waals surface area contributed by atoms with E-state index >= 15 is 0 Å². The molecule has 0 saturated carbocycles. The van der Waals surface area contributed by atoms with Crippen LogP contribution < -0.4 is 0 Å². The molecule has 1 aromatic carbocycles. The third-order valence-corrected chi connectivity index (χ3v) is 8.06. The van der Waals surface area contributed by atoms with E-state index in [4.69, 9.17) is 9.72 Å². The fraction of sp³-hybridized carbons (Fsp3) is 0.517. The van der Waals surface area contributed by atoms with Gasteiger partial charge in [0, 0.05) is 47.1 Å². The number of pyridine rings is 2. The van der Waals surface area contributed by atoms with Crippen molar-refractivity contribution in [1.82, 2.24) is 14.9 Å². The fourth-order valence-corrected chi connectivity index (χ4v) is 5.49. The van der Waals surface area contributed by atoms with Crippen LogP contribution in [0.2, 0.25) is 0 Å². The van der Waals surface area contributed by atoms with E-state index in [0.29, 0.717) is 0 Å². The minimum absolute atomic E-state index is 0.0612. The van der Waals surface area contributed by atoms with Gasteiger partial charge in [0.05, 0.1) is 11.1 Å². The number of benzene rings is 1. The van der Waals surface area contributed by atoms with Gasteiger partial charge >= 0.3 is 0 Å². The molecule has 0 spiro atoms. The molecule has 0 aliphatic carbocycles. The lowest BCUT2D eigenvalue weighted by molar-refractivity contribution is -0.109. The summed E-state index contributed by atoms with van der Waals surface area (Å²) in [4.78, 5) is 12.2. The van der Waals surface area contributed by atoms with Crippen LogP contribution >= 0.6 is 0 Å². The molecule has 0 radical (unpaired) electrons. The summed E-state index contributed by atoms with van der Waals surface area (Å²) in [6.45, 7) is 16.2. The Labute approximate surface area is 199 Å². The Balaban J connectivity index is 1.59. The van der Waals surface area contributed by atoms with Gasteiger partial charge in [-0.1, -0.05) is 30.3 Å². The molecule has 4 heteroatoms. The maximum atomic E-state index is 6.40. The predicted octanol–water partition coefficient (Wildman–Crippen LogP) is 6.31. The molecular weight excluding hydrogens is 406 g/mol. The molecule has 0 amide bonds. The number of hydrogen-bond acceptors (Lipinski definition) is 4. The molecule has 33 heavy (non-hydrogen) atoms. The minimum Gasteiger partial charge on any atom is -0.375 e. The maximum absolute atomic E-state index is 6.40. The van der Waals surface area contributed by atoms with E-state index in [-0.39, 0.29) is 16.6 Å². The largest absolute Gasteiger partial charge is 0.375 e. The van der Waals surface area contributed by atoms with E-state index in [9.17, 15) is 0 Å². The Bertz CT molecular complexity index is 1090. The van der Waals surface area contributed by atoms with E-state index in [1.165, 1.54) is 16.6 Å². The summed E-state index contributed by atoms with van der Waals surface area (Å²) in [6.07, 6.45) is 5.18. The Morgan fingerprint density at radius 2 is 1.82 bits per heavy atom. The van der Waals surface area contributed by atoms with Crippen LogP contribution in [-0.4, -0.2) is 40.2 Å². The highest BCUT2D eigenvalue weighted by molar-refractivity contribution is 5.78.